The highest BCUT2D eigenvalue weighted by Crippen LogP contribution is 2.44. The first-order valence-corrected chi connectivity index (χ1v) is 39.1. The molecular formula is C80H145N5O12. The lowest BCUT2D eigenvalue weighted by Crippen LogP contribution is -2.56. The zero-order valence-corrected chi connectivity index (χ0v) is 64.5. The minimum Gasteiger partial charge on any atom is -0.481 e. The van der Waals surface area contributed by atoms with Crippen LogP contribution in [0.3, 0.4) is 0 Å². The number of aliphatic hydroxyl groups excluding tert-OH is 2. The molecule has 2 aromatic heterocycles. The van der Waals surface area contributed by atoms with Gasteiger partial charge in [0.15, 0.2) is 5.89 Å². The Labute approximate surface area is 588 Å². The Hall–Kier alpha value is -3.48. The number of nitrogens with one attached hydrogen (secondary N) is 1. The molecule has 0 radical (unpaired) electrons. The molecule has 4 heterocycles. The number of oxazole rings is 1. The van der Waals surface area contributed by atoms with Gasteiger partial charge in [0.05, 0.1) is 42.6 Å². The number of carboxylic acids is 2. The van der Waals surface area contributed by atoms with Crippen molar-refractivity contribution < 1.29 is 53.9 Å². The van der Waals surface area contributed by atoms with E-state index in [0.29, 0.717) is 47.2 Å². The van der Waals surface area contributed by atoms with Gasteiger partial charge in [0, 0.05) is 36.9 Å². The first kappa shape index (κ1) is 85.9. The Balaban J connectivity index is 0.000000237. The minimum atomic E-state index is -0.759. The third kappa shape index (κ3) is 30.6. The summed E-state index contributed by atoms with van der Waals surface area (Å²) in [6.07, 6.45) is 30.8. The van der Waals surface area contributed by atoms with E-state index in [1.165, 1.54) is 64.2 Å². The molecule has 2 aromatic rings. The number of ketones is 1. The first-order chi connectivity index (χ1) is 45.5. The van der Waals surface area contributed by atoms with Gasteiger partial charge >= 0.3 is 17.7 Å². The molecule has 7 aliphatic carbocycles. The van der Waals surface area contributed by atoms with Crippen LogP contribution in [0.15, 0.2) is 26.1 Å². The lowest BCUT2D eigenvalue weighted by atomic mass is 9.67. The van der Waals surface area contributed by atoms with E-state index < -0.39 is 23.3 Å². The van der Waals surface area contributed by atoms with Crippen molar-refractivity contribution in [3.8, 4) is 0 Å². The fourth-order valence-electron chi connectivity index (χ4n) is 16.3. The molecule has 0 spiro atoms. The highest BCUT2D eigenvalue weighted by molar-refractivity contribution is 5.79. The van der Waals surface area contributed by atoms with E-state index in [1.54, 1.807) is 19.4 Å². The van der Waals surface area contributed by atoms with Crippen LogP contribution in [0.25, 0.3) is 0 Å². The number of carbonyl (C=O) groups excluding carboxylic acids is 1. The molecule has 97 heavy (non-hydrogen) atoms. The van der Waals surface area contributed by atoms with E-state index in [2.05, 4.69) is 131 Å². The third-order valence-corrected chi connectivity index (χ3v) is 24.8. The Bertz CT molecular complexity index is 2440. The van der Waals surface area contributed by atoms with Crippen molar-refractivity contribution in [2.45, 2.75) is 314 Å². The van der Waals surface area contributed by atoms with Crippen LogP contribution in [0.2, 0.25) is 0 Å². The Kier molecular flexibility index (Phi) is 37.4. The highest BCUT2D eigenvalue weighted by atomic mass is 16.4. The monoisotopic (exact) mass is 1370 g/mol. The van der Waals surface area contributed by atoms with Crippen molar-refractivity contribution in [1.29, 1.82) is 0 Å². The molecule has 17 heteroatoms. The topological polar surface area (TPSA) is 264 Å². The summed E-state index contributed by atoms with van der Waals surface area (Å²) in [5, 5.41) is 60.6. The molecule has 9 fully saturated rings. The van der Waals surface area contributed by atoms with Gasteiger partial charge in [-0.3, -0.25) is 24.2 Å². The van der Waals surface area contributed by atoms with Crippen LogP contribution in [-0.4, -0.2) is 136 Å². The summed E-state index contributed by atoms with van der Waals surface area (Å²) in [4.78, 5) is 51.1. The molecule has 9 aliphatic rings. The summed E-state index contributed by atoms with van der Waals surface area (Å²) in [5.74, 6) is 14.1. The number of Topliss-reactive ketones (excluding diaryl/α,β-unsaturated/α-hetero) is 1. The third-order valence-electron chi connectivity index (χ3n) is 24.8. The fraction of sp³-hybridized carbons (Fsp3) is 0.900. The minimum absolute atomic E-state index is 0.0298. The Morgan fingerprint density at radius 1 is 0.557 bits per heavy atom. The van der Waals surface area contributed by atoms with Crippen LogP contribution in [-0.2, 0) is 14.4 Å². The lowest BCUT2D eigenvalue weighted by molar-refractivity contribution is -0.147. The van der Waals surface area contributed by atoms with Gasteiger partial charge in [-0.05, 0) is 276 Å². The maximum absolute atomic E-state index is 10.8. The molecule has 562 valence electrons. The number of rotatable bonds is 16. The first-order valence-electron chi connectivity index (χ1n) is 39.1. The highest BCUT2D eigenvalue weighted by Gasteiger charge is 2.40. The number of aliphatic carboxylic acids is 2. The number of hydrogen-bond acceptors (Lipinski definition) is 14. The summed E-state index contributed by atoms with van der Waals surface area (Å²) in [7, 11) is 0. The van der Waals surface area contributed by atoms with Crippen LogP contribution in [0.4, 0.5) is 0 Å². The zero-order chi connectivity index (χ0) is 72.5. The van der Waals surface area contributed by atoms with Gasteiger partial charge in [-0.2, -0.15) is 0 Å². The SMILES string of the molecule is CC(=O)C1CC(C(C)C)C1.CC(C)C1CC(C(=O)O)C1.CC(C)C1CC(C)(O)C1.CC(C)C1CCC(N2CC(O)C2)CC1.CC(C)C1CCC(O)(CO)CC1.CC(C)C1CCC(c2n[nH]c(=O)o2)CC1.CC(C)C1CCC(c2ncco2)CC1.CC(C)C1CCN(CC(=O)O)CC1. The van der Waals surface area contributed by atoms with Gasteiger partial charge in [-0.25, -0.2) is 14.9 Å². The van der Waals surface area contributed by atoms with E-state index in [1.807, 2.05) is 11.8 Å². The number of H-pyrrole nitrogens is 1. The summed E-state index contributed by atoms with van der Waals surface area (Å²) < 4.78 is 10.4. The lowest BCUT2D eigenvalue weighted by Gasteiger charge is -2.45. The number of nitrogens with zero attached hydrogens (tertiary/aromatic N) is 4. The Morgan fingerprint density at radius 3 is 1.27 bits per heavy atom. The summed E-state index contributed by atoms with van der Waals surface area (Å²) in [5.41, 5.74) is -1.08. The molecule has 0 aromatic carbocycles. The standard InChI is InChI=1S/C12H23NO.C12H19NO.C11H18N2O2.C10H19NO2.C10H20O2.C9H16O.C8H14O2.C8H16O/c1-9(2)10-3-5-11(6-4-10)13-7-12(14)8-13;1-9(2)10-3-5-11(6-4-10)12-13-7-8-14-12;1-7(2)8-3-5-9(6-4-8)10-12-13-11(14)15-10;1-8(2)9-3-5-11(6-4-9)7-10(12)13;1-8(2)9-3-5-10(12,7-11)6-4-9;1-6(2)8-4-9(5-8)7(3)10;1-5(2)6-3-7(4-6)8(9)10;1-6(2)7-4-8(3,9)5-7/h9-12,14H,3-8H2,1-2H3;7-11H,3-6H2,1-2H3;7-9H,3-6H2,1-2H3,(H,13,14);8-9H,3-7H2,1-2H3,(H,12,13);8-9,11-12H,3-7H2,1-2H3;6,8-9H,4-5H2,1-3H3;5-7H,3-4H2,1-2H3,(H,9,10);6-7,9H,4-5H2,1-3H3. The number of carboxylic acid groups (broad SMARTS) is 2. The van der Waals surface area contributed by atoms with E-state index in [0.717, 1.165) is 205 Å². The van der Waals surface area contributed by atoms with Gasteiger partial charge in [0.25, 0.3) is 0 Å². The van der Waals surface area contributed by atoms with Gasteiger partial charge in [-0.1, -0.05) is 111 Å². The predicted octanol–water partition coefficient (Wildman–Crippen LogP) is 16.6. The molecule has 7 saturated carbocycles. The molecule has 0 unspecified atom stereocenters. The molecule has 17 nitrogen and oxygen atoms in total. The zero-order valence-electron chi connectivity index (χ0n) is 64.5. The molecule has 11 rings (SSSR count). The van der Waals surface area contributed by atoms with Crippen LogP contribution < -0.4 is 5.76 Å². The molecule has 2 saturated heterocycles. The molecule has 0 atom stereocenters. The largest absolute Gasteiger partial charge is 0.481 e. The average Bonchev–Trinajstić information content (AvgIpc) is 1.60. The summed E-state index contributed by atoms with van der Waals surface area (Å²) in [6.45, 7) is 43.6. The second-order valence-electron chi connectivity index (χ2n) is 34.9. The van der Waals surface area contributed by atoms with Crippen molar-refractivity contribution in [2.24, 2.45) is 107 Å². The second kappa shape index (κ2) is 42.2. The number of aromatic amines is 1. The maximum Gasteiger partial charge on any atom is 0.434 e. The number of likely N-dealkylation sites (tertiary alicyclic amines) is 2. The molecule has 0 bridgehead atoms. The number of aromatic nitrogens is 3. The van der Waals surface area contributed by atoms with Crippen molar-refractivity contribution in [2.75, 3.05) is 39.3 Å². The van der Waals surface area contributed by atoms with E-state index in [-0.39, 0.29) is 30.8 Å². The number of aliphatic hydroxyl groups is 4. The molecule has 0 amide bonds. The van der Waals surface area contributed by atoms with Crippen LogP contribution in [0.1, 0.15) is 302 Å². The van der Waals surface area contributed by atoms with E-state index in [4.69, 9.17) is 24.2 Å². The van der Waals surface area contributed by atoms with E-state index in [9.17, 15) is 34.5 Å². The van der Waals surface area contributed by atoms with Crippen LogP contribution in [0, 0.1) is 107 Å². The van der Waals surface area contributed by atoms with Crippen molar-refractivity contribution >= 4 is 17.7 Å². The van der Waals surface area contributed by atoms with Gasteiger partial charge in [0.1, 0.15) is 12.0 Å². The van der Waals surface area contributed by atoms with Crippen LogP contribution in [0.5, 0.6) is 0 Å². The van der Waals surface area contributed by atoms with Crippen LogP contribution >= 0.6 is 0 Å². The average molecular weight is 1370 g/mol. The maximum atomic E-state index is 10.8. The second-order valence-corrected chi connectivity index (χ2v) is 34.9. The fourth-order valence-corrected chi connectivity index (χ4v) is 16.3. The molecule has 7 N–H and O–H groups in total. The molecule has 2 aliphatic heterocycles. The van der Waals surface area contributed by atoms with Gasteiger partial charge in [-0.15, -0.1) is 5.10 Å². The molecular weight excluding hydrogens is 1220 g/mol. The quantitative estimate of drug-likeness (QED) is 0.0824. The smallest absolute Gasteiger partial charge is 0.434 e. The number of carbonyl (C=O) groups is 3. The summed E-state index contributed by atoms with van der Waals surface area (Å²) in [6, 6.07) is 0.786. The number of piperidine rings is 1. The Morgan fingerprint density at radius 2 is 0.948 bits per heavy atom. The van der Waals surface area contributed by atoms with Crippen molar-refractivity contribution in [3.05, 3.63) is 34.8 Å². The van der Waals surface area contributed by atoms with Gasteiger partial charge < -0.3 is 39.5 Å². The van der Waals surface area contributed by atoms with Crippen molar-refractivity contribution in [3.63, 3.8) is 0 Å². The van der Waals surface area contributed by atoms with Crippen molar-refractivity contribution in [1.82, 2.24) is 25.0 Å². The van der Waals surface area contributed by atoms with Gasteiger partial charge in [0.2, 0.25) is 5.89 Å². The number of β-amino-alcohol motifs (C(OH)–C–C–N with tert-alkyl or cyclic N) is 1. The summed E-state index contributed by atoms with van der Waals surface area (Å²) >= 11 is 0. The normalized spacial score (nSPS) is 31.4. The number of hydrogen-bond donors (Lipinski definition) is 7. The predicted molar refractivity (Wildman–Crippen MR) is 390 cm³/mol. The van der Waals surface area contributed by atoms with E-state index >= 15 is 0 Å².